The van der Waals surface area contributed by atoms with Gasteiger partial charge in [0.15, 0.2) is 0 Å². The fourth-order valence-corrected chi connectivity index (χ4v) is 3.85. The van der Waals surface area contributed by atoms with Crippen LogP contribution in [0.3, 0.4) is 0 Å². The molecule has 1 aromatic rings. The normalized spacial score (nSPS) is 24.7. The highest BCUT2D eigenvalue weighted by atomic mass is 35.5. The lowest BCUT2D eigenvalue weighted by molar-refractivity contribution is -0.129. The van der Waals surface area contributed by atoms with E-state index in [0.29, 0.717) is 18.7 Å². The number of nitrogens with zero attached hydrogens (tertiary/aromatic N) is 2. The van der Waals surface area contributed by atoms with Gasteiger partial charge in [-0.2, -0.15) is 0 Å². The molecular weight excluding hydrogens is 347 g/mol. The molecule has 25 heavy (non-hydrogen) atoms. The molecule has 0 saturated carbocycles. The number of amides is 1. The first-order valence-corrected chi connectivity index (χ1v) is 9.07. The molecule has 1 aromatic carbocycles. The molecule has 2 fully saturated rings. The molecular formula is C18H24ClFN2O3. The molecule has 2 saturated heterocycles. The van der Waals surface area contributed by atoms with Crippen molar-refractivity contribution in [3.8, 4) is 0 Å². The molecule has 0 radical (unpaired) electrons. The van der Waals surface area contributed by atoms with Gasteiger partial charge in [0, 0.05) is 50.3 Å². The summed E-state index contributed by atoms with van der Waals surface area (Å²) in [7, 11) is 0. The largest absolute Gasteiger partial charge is 0.396 e. The lowest BCUT2D eigenvalue weighted by Gasteiger charge is -2.30. The zero-order valence-electron chi connectivity index (χ0n) is 14.2. The molecule has 138 valence electrons. The number of likely N-dealkylation sites (tertiary alicyclic amines) is 1. The van der Waals surface area contributed by atoms with Crippen LogP contribution in [0.2, 0.25) is 5.02 Å². The van der Waals surface area contributed by atoms with Crippen LogP contribution in [0, 0.1) is 17.7 Å². The van der Waals surface area contributed by atoms with Gasteiger partial charge >= 0.3 is 0 Å². The highest BCUT2D eigenvalue weighted by Crippen LogP contribution is 2.26. The fourth-order valence-electron chi connectivity index (χ4n) is 3.61. The van der Waals surface area contributed by atoms with Crippen molar-refractivity contribution in [2.45, 2.75) is 6.42 Å². The maximum atomic E-state index is 13.1. The third-order valence-electron chi connectivity index (χ3n) is 5.12. The molecule has 7 heteroatoms. The van der Waals surface area contributed by atoms with Crippen LogP contribution in [0.1, 0.15) is 5.56 Å². The predicted molar refractivity (Wildman–Crippen MR) is 93.0 cm³/mol. The standard InChI is InChI=1S/C18H24ClFN2O3/c19-17-8-16(20)2-1-13(17)7-18(24)22-10-14(15(11-22)12-23)9-21-3-5-25-6-4-21/h1-2,8,14-15,23H,3-7,9-12H2/t14-,15-/m1/s1. The molecule has 0 bridgehead atoms. The van der Waals surface area contributed by atoms with Crippen molar-refractivity contribution < 1.29 is 19.0 Å². The van der Waals surface area contributed by atoms with Crippen molar-refractivity contribution in [3.63, 3.8) is 0 Å². The second-order valence-electron chi connectivity index (χ2n) is 6.83. The molecule has 0 aliphatic carbocycles. The van der Waals surface area contributed by atoms with Crippen molar-refractivity contribution in [1.82, 2.24) is 9.80 Å². The van der Waals surface area contributed by atoms with Crippen LogP contribution in [-0.2, 0) is 16.0 Å². The van der Waals surface area contributed by atoms with Gasteiger partial charge in [0.05, 0.1) is 19.6 Å². The predicted octanol–water partition coefficient (Wildman–Crippen LogP) is 1.42. The first-order chi connectivity index (χ1) is 12.1. The van der Waals surface area contributed by atoms with Crippen molar-refractivity contribution in [2.75, 3.05) is 52.5 Å². The quantitative estimate of drug-likeness (QED) is 0.851. The average Bonchev–Trinajstić information content (AvgIpc) is 3.01. The van der Waals surface area contributed by atoms with Gasteiger partial charge in [0.2, 0.25) is 5.91 Å². The lowest BCUT2D eigenvalue weighted by atomic mass is 9.96. The molecule has 0 unspecified atom stereocenters. The Balaban J connectivity index is 1.59. The van der Waals surface area contributed by atoms with Crippen molar-refractivity contribution in [2.24, 2.45) is 11.8 Å². The van der Waals surface area contributed by atoms with Gasteiger partial charge in [-0.05, 0) is 23.6 Å². The Hall–Kier alpha value is -1.21. The lowest BCUT2D eigenvalue weighted by Crippen LogP contribution is -2.41. The maximum absolute atomic E-state index is 13.1. The summed E-state index contributed by atoms with van der Waals surface area (Å²) in [5, 5.41) is 9.96. The summed E-state index contributed by atoms with van der Waals surface area (Å²) in [5.41, 5.74) is 0.630. The number of carbonyl (C=O) groups excluding carboxylic acids is 1. The van der Waals surface area contributed by atoms with E-state index >= 15 is 0 Å². The molecule has 5 nitrogen and oxygen atoms in total. The number of aliphatic hydroxyl groups excluding tert-OH is 1. The monoisotopic (exact) mass is 370 g/mol. The van der Waals surface area contributed by atoms with Crippen LogP contribution < -0.4 is 0 Å². The van der Waals surface area contributed by atoms with Crippen LogP contribution >= 0.6 is 11.6 Å². The minimum Gasteiger partial charge on any atom is -0.396 e. The Bertz CT molecular complexity index is 610. The third-order valence-corrected chi connectivity index (χ3v) is 5.47. The van der Waals surface area contributed by atoms with Crippen LogP contribution in [0.5, 0.6) is 0 Å². The smallest absolute Gasteiger partial charge is 0.227 e. The highest BCUT2D eigenvalue weighted by Gasteiger charge is 2.35. The number of ether oxygens (including phenoxy) is 1. The molecule has 2 aliphatic rings. The first kappa shape index (κ1) is 18.6. The highest BCUT2D eigenvalue weighted by molar-refractivity contribution is 6.31. The first-order valence-electron chi connectivity index (χ1n) is 8.69. The summed E-state index contributed by atoms with van der Waals surface area (Å²) < 4.78 is 18.5. The number of halogens is 2. The number of hydrogen-bond acceptors (Lipinski definition) is 4. The summed E-state index contributed by atoms with van der Waals surface area (Å²) in [6.45, 7) is 5.42. The van der Waals surface area contributed by atoms with Gasteiger partial charge in [-0.1, -0.05) is 17.7 Å². The number of benzene rings is 1. The minimum atomic E-state index is -0.409. The molecule has 2 aliphatic heterocycles. The van der Waals surface area contributed by atoms with Crippen molar-refractivity contribution in [1.29, 1.82) is 0 Å². The number of hydrogen-bond donors (Lipinski definition) is 1. The second kappa shape index (κ2) is 8.45. The molecule has 2 atom stereocenters. The summed E-state index contributed by atoms with van der Waals surface area (Å²) in [5.74, 6) is -0.0871. The Morgan fingerprint density at radius 1 is 1.28 bits per heavy atom. The van der Waals surface area contributed by atoms with Crippen molar-refractivity contribution >= 4 is 17.5 Å². The average molecular weight is 371 g/mol. The number of carbonyl (C=O) groups is 1. The van der Waals surface area contributed by atoms with Gasteiger partial charge in [-0.15, -0.1) is 0 Å². The molecule has 1 N–H and O–H groups in total. The van der Waals surface area contributed by atoms with Crippen LogP contribution in [0.25, 0.3) is 0 Å². The Kier molecular flexibility index (Phi) is 6.28. The van der Waals surface area contributed by atoms with Crippen molar-refractivity contribution in [3.05, 3.63) is 34.6 Å². The number of aliphatic hydroxyl groups is 1. The Labute approximate surface area is 152 Å². The van der Waals surface area contributed by atoms with E-state index in [-0.39, 0.29) is 35.8 Å². The molecule has 2 heterocycles. The van der Waals surface area contributed by atoms with Crippen LogP contribution in [0.15, 0.2) is 18.2 Å². The zero-order valence-corrected chi connectivity index (χ0v) is 14.9. The third kappa shape index (κ3) is 4.70. The fraction of sp³-hybridized carbons (Fsp3) is 0.611. The summed E-state index contributed by atoms with van der Waals surface area (Å²) in [4.78, 5) is 16.7. The van der Waals surface area contributed by atoms with E-state index in [2.05, 4.69) is 4.90 Å². The van der Waals surface area contributed by atoms with Gasteiger partial charge in [-0.25, -0.2) is 4.39 Å². The zero-order chi connectivity index (χ0) is 17.8. The summed E-state index contributed by atoms with van der Waals surface area (Å²) in [6, 6.07) is 4.10. The van der Waals surface area contributed by atoms with E-state index in [1.807, 2.05) is 0 Å². The Morgan fingerprint density at radius 3 is 2.68 bits per heavy atom. The van der Waals surface area contributed by atoms with Crippen LogP contribution in [0.4, 0.5) is 4.39 Å². The Morgan fingerprint density at radius 2 is 2.00 bits per heavy atom. The molecule has 3 rings (SSSR count). The van der Waals surface area contributed by atoms with E-state index in [0.717, 1.165) is 32.8 Å². The van der Waals surface area contributed by atoms with Gasteiger partial charge in [0.1, 0.15) is 5.82 Å². The van der Waals surface area contributed by atoms with E-state index < -0.39 is 5.82 Å². The van der Waals surface area contributed by atoms with E-state index in [4.69, 9.17) is 16.3 Å². The number of rotatable bonds is 5. The van der Waals surface area contributed by atoms with Gasteiger partial charge in [-0.3, -0.25) is 9.69 Å². The molecule has 0 aromatic heterocycles. The molecule has 1 amide bonds. The SMILES string of the molecule is O=C(Cc1ccc(F)cc1Cl)N1C[C@@H](CN2CCOCC2)[C@@H](CO)C1. The maximum Gasteiger partial charge on any atom is 0.227 e. The summed E-state index contributed by atoms with van der Waals surface area (Å²) in [6.07, 6.45) is 0.154. The summed E-state index contributed by atoms with van der Waals surface area (Å²) >= 11 is 6.02. The van der Waals surface area contributed by atoms with E-state index in [1.54, 1.807) is 11.0 Å². The van der Waals surface area contributed by atoms with E-state index in [1.165, 1.54) is 12.1 Å². The second-order valence-corrected chi connectivity index (χ2v) is 7.23. The number of morpholine rings is 1. The minimum absolute atomic E-state index is 0.0311. The topological polar surface area (TPSA) is 53.0 Å². The van der Waals surface area contributed by atoms with Gasteiger partial charge < -0.3 is 14.7 Å². The van der Waals surface area contributed by atoms with Gasteiger partial charge in [0.25, 0.3) is 0 Å². The van der Waals surface area contributed by atoms with E-state index in [9.17, 15) is 14.3 Å². The molecule has 0 spiro atoms. The van der Waals surface area contributed by atoms with Crippen LogP contribution in [-0.4, -0.2) is 73.4 Å².